The van der Waals surface area contributed by atoms with Crippen LogP contribution in [0, 0.1) is 13.8 Å². The fourth-order valence-electron chi connectivity index (χ4n) is 2.38. The smallest absolute Gasteiger partial charge is 0.328 e. The van der Waals surface area contributed by atoms with E-state index in [0.717, 1.165) is 33.7 Å². The van der Waals surface area contributed by atoms with Crippen LogP contribution in [0.4, 0.5) is 0 Å². The summed E-state index contributed by atoms with van der Waals surface area (Å²) < 4.78 is 1.86. The number of rotatable bonds is 3. The molecule has 2 aromatic rings. The topological polar surface area (TPSA) is 55.1 Å². The highest BCUT2D eigenvalue weighted by Crippen LogP contribution is 2.28. The number of carboxylic acids is 1. The standard InChI is InChI=1S/C16H18N2O2/c1-10(8-15(19)20)13-6-5-7-14(9-13)16-11(2)17-18(4)12(16)3/h5-9H,1-4H3,(H,19,20)/b10-8+. The van der Waals surface area contributed by atoms with Crippen LogP contribution in [-0.2, 0) is 11.8 Å². The van der Waals surface area contributed by atoms with Gasteiger partial charge in [-0.05, 0) is 43.5 Å². The predicted octanol–water partition coefficient (Wildman–Crippen LogP) is 3.19. The highest BCUT2D eigenvalue weighted by Gasteiger charge is 2.12. The lowest BCUT2D eigenvalue weighted by Gasteiger charge is -2.06. The molecule has 20 heavy (non-hydrogen) atoms. The number of carbonyl (C=O) groups is 1. The number of benzene rings is 1. The molecule has 0 aliphatic heterocycles. The molecule has 0 bridgehead atoms. The van der Waals surface area contributed by atoms with Gasteiger partial charge >= 0.3 is 5.97 Å². The molecule has 4 heteroatoms. The van der Waals surface area contributed by atoms with Crippen LogP contribution in [0.5, 0.6) is 0 Å². The van der Waals surface area contributed by atoms with Gasteiger partial charge < -0.3 is 5.11 Å². The quantitative estimate of drug-likeness (QED) is 0.871. The summed E-state index contributed by atoms with van der Waals surface area (Å²) in [6.07, 6.45) is 1.22. The molecule has 0 saturated heterocycles. The first kappa shape index (κ1) is 14.1. The van der Waals surface area contributed by atoms with Crippen LogP contribution in [-0.4, -0.2) is 20.9 Å². The second-order valence-electron chi connectivity index (χ2n) is 4.92. The van der Waals surface area contributed by atoms with Crippen molar-refractivity contribution in [2.24, 2.45) is 7.05 Å². The van der Waals surface area contributed by atoms with Crippen LogP contribution < -0.4 is 0 Å². The fourth-order valence-corrected chi connectivity index (χ4v) is 2.38. The number of carboxylic acid groups (broad SMARTS) is 1. The molecule has 0 saturated carbocycles. The third-order valence-corrected chi connectivity index (χ3v) is 3.46. The summed E-state index contributed by atoms with van der Waals surface area (Å²) in [5, 5.41) is 13.3. The summed E-state index contributed by atoms with van der Waals surface area (Å²) >= 11 is 0. The van der Waals surface area contributed by atoms with Crippen molar-refractivity contribution in [1.29, 1.82) is 0 Å². The van der Waals surface area contributed by atoms with Crippen LogP contribution >= 0.6 is 0 Å². The molecule has 104 valence electrons. The van der Waals surface area contributed by atoms with E-state index in [4.69, 9.17) is 5.11 Å². The number of aliphatic carboxylic acids is 1. The molecule has 1 heterocycles. The molecule has 0 unspecified atom stereocenters. The molecular weight excluding hydrogens is 252 g/mol. The van der Waals surface area contributed by atoms with Crippen LogP contribution in [0.25, 0.3) is 16.7 Å². The molecule has 0 radical (unpaired) electrons. The molecule has 4 nitrogen and oxygen atoms in total. The van der Waals surface area contributed by atoms with E-state index >= 15 is 0 Å². The highest BCUT2D eigenvalue weighted by molar-refractivity contribution is 5.90. The summed E-state index contributed by atoms with van der Waals surface area (Å²) in [6, 6.07) is 7.88. The largest absolute Gasteiger partial charge is 0.478 e. The molecule has 1 N–H and O–H groups in total. The van der Waals surface area contributed by atoms with Gasteiger partial charge in [0.2, 0.25) is 0 Å². The number of allylic oxidation sites excluding steroid dienone is 1. The Bertz CT molecular complexity index is 696. The van der Waals surface area contributed by atoms with Gasteiger partial charge in [0.05, 0.1) is 5.69 Å². The Balaban J connectivity index is 2.53. The van der Waals surface area contributed by atoms with Crippen LogP contribution in [0.15, 0.2) is 30.3 Å². The molecule has 0 spiro atoms. The average Bonchev–Trinajstić information content (AvgIpc) is 2.62. The minimum Gasteiger partial charge on any atom is -0.478 e. The second-order valence-corrected chi connectivity index (χ2v) is 4.92. The van der Waals surface area contributed by atoms with Gasteiger partial charge in [0.15, 0.2) is 0 Å². The monoisotopic (exact) mass is 270 g/mol. The SMILES string of the molecule is C/C(=C\C(=O)O)c1cccc(-c2c(C)nn(C)c2C)c1. The Hall–Kier alpha value is -2.36. The van der Waals surface area contributed by atoms with Gasteiger partial charge in [-0.3, -0.25) is 4.68 Å². The normalized spacial score (nSPS) is 11.7. The lowest BCUT2D eigenvalue weighted by molar-refractivity contribution is -0.131. The molecule has 0 fully saturated rings. The zero-order valence-corrected chi connectivity index (χ0v) is 12.1. The number of nitrogens with zero attached hydrogens (tertiary/aromatic N) is 2. The first-order valence-electron chi connectivity index (χ1n) is 6.42. The Kier molecular flexibility index (Phi) is 3.74. The molecule has 1 aromatic carbocycles. The van der Waals surface area contributed by atoms with E-state index in [9.17, 15) is 4.79 Å². The second kappa shape index (κ2) is 5.33. The molecule has 0 amide bonds. The number of aromatic nitrogens is 2. The van der Waals surface area contributed by atoms with Gasteiger partial charge in [-0.25, -0.2) is 4.79 Å². The van der Waals surface area contributed by atoms with E-state index in [2.05, 4.69) is 5.10 Å². The summed E-state index contributed by atoms with van der Waals surface area (Å²) in [7, 11) is 1.92. The molecule has 0 aliphatic carbocycles. The highest BCUT2D eigenvalue weighted by atomic mass is 16.4. The average molecular weight is 270 g/mol. The van der Waals surface area contributed by atoms with Crippen molar-refractivity contribution < 1.29 is 9.90 Å². The van der Waals surface area contributed by atoms with Gasteiger partial charge in [-0.1, -0.05) is 18.2 Å². The van der Waals surface area contributed by atoms with Gasteiger partial charge in [0.25, 0.3) is 0 Å². The zero-order valence-electron chi connectivity index (χ0n) is 12.1. The van der Waals surface area contributed by atoms with Gasteiger partial charge in [0, 0.05) is 24.4 Å². The maximum atomic E-state index is 10.8. The van der Waals surface area contributed by atoms with E-state index in [-0.39, 0.29) is 0 Å². The minimum absolute atomic E-state index is 0.735. The van der Waals surface area contributed by atoms with E-state index < -0.39 is 5.97 Å². The summed E-state index contributed by atoms with van der Waals surface area (Å²) in [5.74, 6) is -0.929. The zero-order chi connectivity index (χ0) is 14.9. The minimum atomic E-state index is -0.929. The Morgan fingerprint density at radius 2 is 2.05 bits per heavy atom. The van der Waals surface area contributed by atoms with Crippen molar-refractivity contribution in [3.8, 4) is 11.1 Å². The third kappa shape index (κ3) is 2.64. The Labute approximate surface area is 118 Å². The van der Waals surface area contributed by atoms with Crippen LogP contribution in [0.3, 0.4) is 0 Å². The Morgan fingerprint density at radius 3 is 2.60 bits per heavy atom. The maximum absolute atomic E-state index is 10.8. The summed E-state index contributed by atoms with van der Waals surface area (Å²) in [5.41, 5.74) is 5.88. The Morgan fingerprint density at radius 1 is 1.35 bits per heavy atom. The van der Waals surface area contributed by atoms with Gasteiger partial charge in [-0.2, -0.15) is 5.10 Å². The van der Waals surface area contributed by atoms with Crippen molar-refractivity contribution in [2.75, 3.05) is 0 Å². The number of hydrogen-bond acceptors (Lipinski definition) is 2. The summed E-state index contributed by atoms with van der Waals surface area (Å²) in [4.78, 5) is 10.8. The van der Waals surface area contributed by atoms with Crippen molar-refractivity contribution in [1.82, 2.24) is 9.78 Å². The molecule has 1 aromatic heterocycles. The molecular formula is C16H18N2O2. The van der Waals surface area contributed by atoms with Crippen molar-refractivity contribution in [2.45, 2.75) is 20.8 Å². The third-order valence-electron chi connectivity index (χ3n) is 3.46. The first-order chi connectivity index (χ1) is 9.40. The molecule has 2 rings (SSSR count). The lowest BCUT2D eigenvalue weighted by Crippen LogP contribution is -1.93. The van der Waals surface area contributed by atoms with E-state index in [1.165, 1.54) is 6.08 Å². The van der Waals surface area contributed by atoms with Gasteiger partial charge in [0.1, 0.15) is 0 Å². The lowest BCUT2D eigenvalue weighted by atomic mass is 9.98. The van der Waals surface area contributed by atoms with Crippen molar-refractivity contribution in [3.63, 3.8) is 0 Å². The van der Waals surface area contributed by atoms with E-state index in [1.54, 1.807) is 6.92 Å². The molecule has 0 atom stereocenters. The van der Waals surface area contributed by atoms with Crippen molar-refractivity contribution in [3.05, 3.63) is 47.3 Å². The number of aryl methyl sites for hydroxylation is 2. The molecule has 0 aliphatic rings. The van der Waals surface area contributed by atoms with E-state index in [0.29, 0.717) is 0 Å². The summed E-state index contributed by atoms with van der Waals surface area (Å²) in [6.45, 7) is 5.81. The van der Waals surface area contributed by atoms with E-state index in [1.807, 2.05) is 49.8 Å². The fraction of sp³-hybridized carbons (Fsp3) is 0.250. The van der Waals surface area contributed by atoms with Gasteiger partial charge in [-0.15, -0.1) is 0 Å². The first-order valence-corrected chi connectivity index (χ1v) is 6.42. The van der Waals surface area contributed by atoms with Crippen molar-refractivity contribution >= 4 is 11.5 Å². The van der Waals surface area contributed by atoms with Crippen LogP contribution in [0.2, 0.25) is 0 Å². The predicted molar refractivity (Wildman–Crippen MR) is 79.4 cm³/mol. The maximum Gasteiger partial charge on any atom is 0.328 e. The number of hydrogen-bond donors (Lipinski definition) is 1. The van der Waals surface area contributed by atoms with Crippen LogP contribution in [0.1, 0.15) is 23.9 Å².